The summed E-state index contributed by atoms with van der Waals surface area (Å²) in [4.78, 5) is 10.9. The smallest absolute Gasteiger partial charge is 0.259 e. The van der Waals surface area contributed by atoms with Gasteiger partial charge in [-0.3, -0.25) is 4.79 Å². The van der Waals surface area contributed by atoms with Crippen molar-refractivity contribution in [2.45, 2.75) is 13.5 Å². The lowest BCUT2D eigenvalue weighted by Gasteiger charge is -2.20. The molecular formula is C8H9ClN2O2. The van der Waals surface area contributed by atoms with Crippen LogP contribution in [-0.2, 0) is 6.54 Å². The number of hydrogen-bond donors (Lipinski definition) is 0. The molecule has 0 unspecified atom stereocenters. The van der Waals surface area contributed by atoms with Crippen molar-refractivity contribution in [3.8, 4) is 5.88 Å². The van der Waals surface area contributed by atoms with Gasteiger partial charge in [0.2, 0.25) is 5.88 Å². The zero-order valence-corrected chi connectivity index (χ0v) is 7.91. The normalized spacial score (nSPS) is 20.6. The first-order valence-corrected chi connectivity index (χ1v) is 4.44. The van der Waals surface area contributed by atoms with Crippen molar-refractivity contribution in [3.63, 3.8) is 0 Å². The Hall–Kier alpha value is -1.03. The zero-order chi connectivity index (χ0) is 9.42. The fraction of sp³-hybridized carbons (Fsp3) is 0.500. The molecule has 70 valence electrons. The van der Waals surface area contributed by atoms with Crippen LogP contribution in [0.25, 0.3) is 0 Å². The first-order valence-electron chi connectivity index (χ1n) is 4.07. The third-order valence-electron chi connectivity index (χ3n) is 1.99. The summed E-state index contributed by atoms with van der Waals surface area (Å²) in [5.74, 6) is 0.920. The van der Waals surface area contributed by atoms with E-state index in [2.05, 4.69) is 12.0 Å². The van der Waals surface area contributed by atoms with E-state index in [4.69, 9.17) is 16.3 Å². The first-order chi connectivity index (χ1) is 6.18. The summed E-state index contributed by atoms with van der Waals surface area (Å²) in [5, 5.41) is 3.50. The third-order valence-corrected chi connectivity index (χ3v) is 2.20. The van der Waals surface area contributed by atoms with Crippen LogP contribution in [0.2, 0.25) is 0 Å². The van der Waals surface area contributed by atoms with Gasteiger partial charge in [-0.25, -0.2) is 4.68 Å². The average Bonchev–Trinajstić information content (AvgIpc) is 2.46. The SMILES string of the molecule is C[C@@H]1COc2c(C(=O)Cl)cnn2C1. The van der Waals surface area contributed by atoms with Crippen LogP contribution in [0.3, 0.4) is 0 Å². The van der Waals surface area contributed by atoms with Crippen molar-refractivity contribution < 1.29 is 9.53 Å². The van der Waals surface area contributed by atoms with Crippen LogP contribution < -0.4 is 4.74 Å². The molecule has 0 radical (unpaired) electrons. The fourth-order valence-electron chi connectivity index (χ4n) is 1.36. The second-order valence-corrected chi connectivity index (χ2v) is 3.58. The van der Waals surface area contributed by atoms with Crippen molar-refractivity contribution in [2.75, 3.05) is 6.61 Å². The van der Waals surface area contributed by atoms with Crippen LogP contribution in [0, 0.1) is 5.92 Å². The van der Waals surface area contributed by atoms with Crippen LogP contribution in [0.15, 0.2) is 6.20 Å². The highest BCUT2D eigenvalue weighted by Gasteiger charge is 2.23. The second kappa shape index (κ2) is 3.03. The highest BCUT2D eigenvalue weighted by molar-refractivity contribution is 6.68. The van der Waals surface area contributed by atoms with Crippen molar-refractivity contribution in [3.05, 3.63) is 11.8 Å². The maximum Gasteiger partial charge on any atom is 0.259 e. The molecule has 13 heavy (non-hydrogen) atoms. The van der Waals surface area contributed by atoms with Gasteiger partial charge in [-0.1, -0.05) is 6.92 Å². The van der Waals surface area contributed by atoms with Crippen molar-refractivity contribution in [2.24, 2.45) is 5.92 Å². The van der Waals surface area contributed by atoms with E-state index in [9.17, 15) is 4.79 Å². The van der Waals surface area contributed by atoms with Crippen LogP contribution in [-0.4, -0.2) is 21.6 Å². The molecule has 1 aliphatic heterocycles. The van der Waals surface area contributed by atoms with Gasteiger partial charge < -0.3 is 4.74 Å². The van der Waals surface area contributed by atoms with Crippen molar-refractivity contribution >= 4 is 16.8 Å². The maximum absolute atomic E-state index is 10.9. The highest BCUT2D eigenvalue weighted by atomic mass is 35.5. The Bertz CT molecular complexity index is 348. The van der Waals surface area contributed by atoms with Gasteiger partial charge in [0, 0.05) is 5.92 Å². The number of carbonyl (C=O) groups is 1. The van der Waals surface area contributed by atoms with Gasteiger partial charge in [0.1, 0.15) is 5.56 Å². The summed E-state index contributed by atoms with van der Waals surface area (Å²) in [6.07, 6.45) is 1.45. The maximum atomic E-state index is 10.9. The molecule has 0 fully saturated rings. The number of hydrogen-bond acceptors (Lipinski definition) is 3. The van der Waals surface area contributed by atoms with Gasteiger partial charge in [0.25, 0.3) is 5.24 Å². The lowest BCUT2D eigenvalue weighted by atomic mass is 10.2. The Morgan fingerprint density at radius 2 is 2.62 bits per heavy atom. The number of ether oxygens (including phenoxy) is 1. The molecule has 0 saturated heterocycles. The minimum atomic E-state index is -0.518. The minimum Gasteiger partial charge on any atom is -0.477 e. The Labute approximate surface area is 80.4 Å². The number of fused-ring (bicyclic) bond motifs is 1. The molecule has 4 nitrogen and oxygen atoms in total. The zero-order valence-electron chi connectivity index (χ0n) is 7.16. The predicted octanol–water partition coefficient (Wildman–Crippen LogP) is 1.29. The third kappa shape index (κ3) is 1.42. The lowest BCUT2D eigenvalue weighted by molar-refractivity contribution is 0.107. The summed E-state index contributed by atoms with van der Waals surface area (Å²) in [7, 11) is 0. The monoisotopic (exact) mass is 200 g/mol. The van der Waals surface area contributed by atoms with E-state index in [0.717, 1.165) is 6.54 Å². The van der Waals surface area contributed by atoms with Crippen LogP contribution in [0.4, 0.5) is 0 Å². The van der Waals surface area contributed by atoms with E-state index in [1.807, 2.05) is 0 Å². The number of carbonyl (C=O) groups excluding carboxylic acids is 1. The minimum absolute atomic E-state index is 0.355. The van der Waals surface area contributed by atoms with Gasteiger partial charge in [-0.05, 0) is 11.6 Å². The Balaban J connectivity index is 2.39. The molecule has 0 aromatic carbocycles. The summed E-state index contributed by atoms with van der Waals surface area (Å²) in [5.41, 5.74) is 0.355. The van der Waals surface area contributed by atoms with Crippen LogP contribution in [0.5, 0.6) is 5.88 Å². The quantitative estimate of drug-likeness (QED) is 0.642. The molecule has 0 N–H and O–H groups in total. The Kier molecular flexibility index (Phi) is 2.00. The van der Waals surface area contributed by atoms with Gasteiger partial charge in [-0.2, -0.15) is 5.10 Å². The van der Waals surface area contributed by atoms with E-state index in [-0.39, 0.29) is 0 Å². The summed E-state index contributed by atoms with van der Waals surface area (Å²) >= 11 is 5.35. The summed E-state index contributed by atoms with van der Waals surface area (Å²) < 4.78 is 7.03. The standard InChI is InChI=1S/C8H9ClN2O2/c1-5-3-11-8(13-4-5)6(2-10-11)7(9)12/h2,5H,3-4H2,1H3/t5-/m0/s1. The van der Waals surface area contributed by atoms with E-state index < -0.39 is 5.24 Å². The molecule has 0 bridgehead atoms. The van der Waals surface area contributed by atoms with Gasteiger partial charge in [-0.15, -0.1) is 0 Å². The van der Waals surface area contributed by atoms with Gasteiger partial charge in [0.05, 0.1) is 19.3 Å². The molecule has 0 saturated carbocycles. The number of aromatic nitrogens is 2. The molecule has 1 aliphatic rings. The largest absolute Gasteiger partial charge is 0.477 e. The molecule has 0 spiro atoms. The van der Waals surface area contributed by atoms with Crippen molar-refractivity contribution in [1.82, 2.24) is 9.78 Å². The fourth-order valence-corrected chi connectivity index (χ4v) is 1.49. The molecule has 0 aliphatic carbocycles. The summed E-state index contributed by atoms with van der Waals surface area (Å²) in [6.45, 7) is 3.45. The number of rotatable bonds is 1. The molecule has 1 aromatic rings. The van der Waals surface area contributed by atoms with Crippen molar-refractivity contribution in [1.29, 1.82) is 0 Å². The van der Waals surface area contributed by atoms with E-state index in [1.54, 1.807) is 4.68 Å². The Morgan fingerprint density at radius 3 is 3.31 bits per heavy atom. The Morgan fingerprint density at radius 1 is 1.85 bits per heavy atom. The van der Waals surface area contributed by atoms with Crippen LogP contribution in [0.1, 0.15) is 17.3 Å². The van der Waals surface area contributed by atoms with E-state index in [0.29, 0.717) is 24.0 Å². The molecule has 0 amide bonds. The topological polar surface area (TPSA) is 44.1 Å². The highest BCUT2D eigenvalue weighted by Crippen LogP contribution is 2.25. The first kappa shape index (κ1) is 8.56. The van der Waals surface area contributed by atoms with Gasteiger partial charge in [0.15, 0.2) is 0 Å². The second-order valence-electron chi connectivity index (χ2n) is 3.24. The predicted molar refractivity (Wildman–Crippen MR) is 47.1 cm³/mol. The molecule has 5 heteroatoms. The van der Waals surface area contributed by atoms with Crippen LogP contribution >= 0.6 is 11.6 Å². The van der Waals surface area contributed by atoms with E-state index >= 15 is 0 Å². The molecular weight excluding hydrogens is 192 g/mol. The number of halogens is 1. The average molecular weight is 201 g/mol. The molecule has 2 heterocycles. The summed E-state index contributed by atoms with van der Waals surface area (Å²) in [6, 6.07) is 0. The molecule has 2 rings (SSSR count). The van der Waals surface area contributed by atoms with Gasteiger partial charge >= 0.3 is 0 Å². The molecule has 1 aromatic heterocycles. The lowest BCUT2D eigenvalue weighted by Crippen LogP contribution is -2.23. The molecule has 1 atom stereocenters. The van der Waals surface area contributed by atoms with E-state index in [1.165, 1.54) is 6.20 Å². The number of nitrogens with zero attached hydrogens (tertiary/aromatic N) is 2.